The van der Waals surface area contributed by atoms with Crippen LogP contribution < -0.4 is 0 Å². The smallest absolute Gasteiger partial charge is 0.00693 e. The third kappa shape index (κ3) is 4.10. The number of rotatable bonds is 1. The second-order valence-electron chi connectivity index (χ2n) is 2.02. The minimum absolute atomic E-state index is 1.33. The Balaban J connectivity index is 0.000000461. The Labute approximate surface area is 74.0 Å². The summed E-state index contributed by atoms with van der Waals surface area (Å²) < 4.78 is 0. The lowest BCUT2D eigenvalue weighted by Crippen LogP contribution is -1.70. The Bertz CT molecular complexity index is 177. The minimum atomic E-state index is 1.33. The normalized spacial score (nSPS) is 8.36. The molecule has 0 radical (unpaired) electrons. The molecule has 0 bridgehead atoms. The fourth-order valence-electron chi connectivity index (χ4n) is 0.674. The molecule has 0 aliphatic carbocycles. The largest absolute Gasteiger partial charge is 0.130 e. The van der Waals surface area contributed by atoms with E-state index in [-0.39, 0.29) is 0 Å². The fourth-order valence-corrected chi connectivity index (χ4v) is 1.08. The highest BCUT2D eigenvalue weighted by Gasteiger charge is 1.85. The van der Waals surface area contributed by atoms with Gasteiger partial charge in [0.15, 0.2) is 0 Å². The summed E-state index contributed by atoms with van der Waals surface area (Å²) in [5.74, 6) is 0. The van der Waals surface area contributed by atoms with E-state index in [9.17, 15) is 0 Å². The Hall–Kier alpha value is -0.430. The van der Waals surface area contributed by atoms with Crippen LogP contribution in [0.1, 0.15) is 19.4 Å². The average Bonchev–Trinajstić information content (AvgIpc) is 2.10. The van der Waals surface area contributed by atoms with E-state index in [0.717, 1.165) is 0 Å². The van der Waals surface area contributed by atoms with Gasteiger partial charge in [0.05, 0.1) is 0 Å². The summed E-state index contributed by atoms with van der Waals surface area (Å²) in [5.41, 5.74) is 1.33. The average molecular weight is 168 g/mol. The highest BCUT2D eigenvalue weighted by molar-refractivity contribution is 7.98. The third-order valence-electron chi connectivity index (χ3n) is 1.26. The monoisotopic (exact) mass is 168 g/mol. The van der Waals surface area contributed by atoms with Crippen molar-refractivity contribution in [1.29, 1.82) is 0 Å². The van der Waals surface area contributed by atoms with Crippen molar-refractivity contribution in [2.75, 3.05) is 6.26 Å². The van der Waals surface area contributed by atoms with Gasteiger partial charge < -0.3 is 0 Å². The highest BCUT2D eigenvalue weighted by atomic mass is 32.2. The van der Waals surface area contributed by atoms with Gasteiger partial charge in [0.2, 0.25) is 0 Å². The summed E-state index contributed by atoms with van der Waals surface area (Å²) in [6.45, 7) is 6.10. The molecule has 0 atom stereocenters. The predicted octanol–water partition coefficient (Wildman–Crippen LogP) is 3.74. The highest BCUT2D eigenvalue weighted by Crippen LogP contribution is 2.13. The zero-order valence-corrected chi connectivity index (χ0v) is 8.53. The van der Waals surface area contributed by atoms with Crippen LogP contribution in [0.5, 0.6) is 0 Å². The first kappa shape index (κ1) is 10.6. The summed E-state index contributed by atoms with van der Waals surface area (Å²) in [5, 5.41) is 0. The van der Waals surface area contributed by atoms with Crippen molar-refractivity contribution in [2.24, 2.45) is 0 Å². The molecule has 1 heteroatoms. The molecule has 1 aromatic carbocycles. The first-order valence-corrected chi connectivity index (χ1v) is 5.16. The maximum absolute atomic E-state index is 2.14. The molecule has 11 heavy (non-hydrogen) atoms. The molecular weight excluding hydrogens is 152 g/mol. The van der Waals surface area contributed by atoms with Crippen LogP contribution in [-0.2, 0) is 0 Å². The summed E-state index contributed by atoms with van der Waals surface area (Å²) >= 11 is 1.78. The number of benzene rings is 1. The molecule has 1 rings (SSSR count). The van der Waals surface area contributed by atoms with Crippen molar-refractivity contribution in [1.82, 2.24) is 0 Å². The van der Waals surface area contributed by atoms with Gasteiger partial charge in [0.1, 0.15) is 0 Å². The van der Waals surface area contributed by atoms with Crippen LogP contribution >= 0.6 is 11.8 Å². The van der Waals surface area contributed by atoms with Gasteiger partial charge in [-0.05, 0) is 25.3 Å². The lowest BCUT2D eigenvalue weighted by Gasteiger charge is -1.93. The van der Waals surface area contributed by atoms with Crippen LogP contribution in [0.15, 0.2) is 29.2 Å². The van der Waals surface area contributed by atoms with Crippen molar-refractivity contribution in [3.63, 3.8) is 0 Å². The predicted molar refractivity (Wildman–Crippen MR) is 54.3 cm³/mol. The number of hydrogen-bond donors (Lipinski definition) is 0. The Morgan fingerprint density at radius 2 is 1.45 bits per heavy atom. The quantitative estimate of drug-likeness (QED) is 0.576. The Morgan fingerprint density at radius 1 is 1.00 bits per heavy atom. The molecule has 0 aromatic heterocycles. The molecular formula is C10H16S. The lowest BCUT2D eigenvalue weighted by molar-refractivity contribution is 1.38. The van der Waals surface area contributed by atoms with E-state index in [2.05, 4.69) is 37.4 Å². The van der Waals surface area contributed by atoms with Crippen LogP contribution in [0.4, 0.5) is 0 Å². The zero-order valence-electron chi connectivity index (χ0n) is 7.72. The molecule has 62 valence electrons. The van der Waals surface area contributed by atoms with Gasteiger partial charge in [-0.3, -0.25) is 0 Å². The van der Waals surface area contributed by atoms with Crippen LogP contribution in [-0.4, -0.2) is 6.26 Å². The molecule has 0 N–H and O–H groups in total. The van der Waals surface area contributed by atoms with Crippen LogP contribution in [0.3, 0.4) is 0 Å². The first-order chi connectivity index (χ1) is 5.33. The van der Waals surface area contributed by atoms with Crippen LogP contribution in [0.2, 0.25) is 0 Å². The van der Waals surface area contributed by atoms with E-state index < -0.39 is 0 Å². The topological polar surface area (TPSA) is 0 Å². The molecule has 0 spiro atoms. The molecule has 0 heterocycles. The van der Waals surface area contributed by atoms with Gasteiger partial charge in [-0.2, -0.15) is 0 Å². The Morgan fingerprint density at radius 3 is 1.82 bits per heavy atom. The first-order valence-electron chi connectivity index (χ1n) is 3.93. The Kier molecular flexibility index (Phi) is 6.05. The number of aryl methyl sites for hydroxylation is 1. The van der Waals surface area contributed by atoms with Crippen molar-refractivity contribution >= 4 is 11.8 Å². The summed E-state index contributed by atoms with van der Waals surface area (Å²) in [6, 6.07) is 8.54. The van der Waals surface area contributed by atoms with E-state index in [4.69, 9.17) is 0 Å². The van der Waals surface area contributed by atoms with Crippen molar-refractivity contribution < 1.29 is 0 Å². The molecule has 0 saturated heterocycles. The zero-order chi connectivity index (χ0) is 8.69. The fraction of sp³-hybridized carbons (Fsp3) is 0.400. The molecule has 1 aromatic rings. The van der Waals surface area contributed by atoms with E-state index in [1.807, 2.05) is 13.8 Å². The lowest BCUT2D eigenvalue weighted by atomic mass is 10.2. The molecule has 0 aliphatic heterocycles. The van der Waals surface area contributed by atoms with E-state index in [1.165, 1.54) is 10.5 Å². The summed E-state index contributed by atoms with van der Waals surface area (Å²) in [7, 11) is 0. The van der Waals surface area contributed by atoms with E-state index >= 15 is 0 Å². The molecule has 0 fully saturated rings. The summed E-state index contributed by atoms with van der Waals surface area (Å²) in [6.07, 6.45) is 2.09. The van der Waals surface area contributed by atoms with Gasteiger partial charge in [0, 0.05) is 4.90 Å². The molecule has 0 amide bonds. The van der Waals surface area contributed by atoms with Gasteiger partial charge >= 0.3 is 0 Å². The second-order valence-corrected chi connectivity index (χ2v) is 2.90. The maximum Gasteiger partial charge on any atom is 0.00693 e. The maximum atomic E-state index is 2.14. The standard InChI is InChI=1S/C8H10S.C2H6/c1-7-3-5-8(9-2)6-4-7;1-2/h3-6H,1-2H3;1-2H3. The number of thioether (sulfide) groups is 1. The van der Waals surface area contributed by atoms with Crippen LogP contribution in [0.25, 0.3) is 0 Å². The van der Waals surface area contributed by atoms with Gasteiger partial charge in [-0.25, -0.2) is 0 Å². The summed E-state index contributed by atoms with van der Waals surface area (Å²) in [4.78, 5) is 1.33. The molecule has 0 aliphatic rings. The van der Waals surface area contributed by atoms with Crippen molar-refractivity contribution in [2.45, 2.75) is 25.7 Å². The molecule has 0 unspecified atom stereocenters. The van der Waals surface area contributed by atoms with Gasteiger partial charge in [0.25, 0.3) is 0 Å². The second kappa shape index (κ2) is 6.29. The van der Waals surface area contributed by atoms with Crippen molar-refractivity contribution in [3.8, 4) is 0 Å². The van der Waals surface area contributed by atoms with Crippen molar-refractivity contribution in [3.05, 3.63) is 29.8 Å². The van der Waals surface area contributed by atoms with Gasteiger partial charge in [-0.15, -0.1) is 11.8 Å². The van der Waals surface area contributed by atoms with Crippen LogP contribution in [0, 0.1) is 6.92 Å². The molecule has 0 nitrogen and oxygen atoms in total. The SMILES string of the molecule is CC.CSc1ccc(C)cc1. The van der Waals surface area contributed by atoms with E-state index in [0.29, 0.717) is 0 Å². The van der Waals surface area contributed by atoms with E-state index in [1.54, 1.807) is 11.8 Å². The van der Waals surface area contributed by atoms with Gasteiger partial charge in [-0.1, -0.05) is 31.5 Å². The molecule has 0 saturated carbocycles. The number of hydrogen-bond acceptors (Lipinski definition) is 1. The minimum Gasteiger partial charge on any atom is -0.130 e. The third-order valence-corrected chi connectivity index (χ3v) is 2.00.